The highest BCUT2D eigenvalue weighted by Gasteiger charge is 2.19. The van der Waals surface area contributed by atoms with Crippen LogP contribution >= 0.6 is 0 Å². The first-order valence-electron chi connectivity index (χ1n) is 15.5. The van der Waals surface area contributed by atoms with Gasteiger partial charge in [0.25, 0.3) is 0 Å². The highest BCUT2D eigenvalue weighted by molar-refractivity contribution is 5.82. The van der Waals surface area contributed by atoms with Crippen LogP contribution in [0.25, 0.3) is 28.3 Å². The van der Waals surface area contributed by atoms with E-state index in [2.05, 4.69) is 43.9 Å². The van der Waals surface area contributed by atoms with E-state index in [1.54, 1.807) is 13.3 Å². The van der Waals surface area contributed by atoms with Crippen molar-refractivity contribution in [3.8, 4) is 34.1 Å². The molecule has 3 aromatic heterocycles. The maximum Gasteiger partial charge on any atom is 0.227 e. The Bertz CT molecular complexity index is 1900. The van der Waals surface area contributed by atoms with Crippen LogP contribution in [0.2, 0.25) is 0 Å². The molecule has 1 aliphatic heterocycles. The van der Waals surface area contributed by atoms with Gasteiger partial charge in [0.05, 0.1) is 24.2 Å². The maximum atomic E-state index is 6.12. The third-order valence-electron chi connectivity index (χ3n) is 8.20. The SMILES string of the molecule is COc1cc(-c2nc3ccccn3c2-c2ccnc(Nc3cccc(CCN4CCCC4)c3)n2)ccc1OCc1ccccc1. The number of anilines is 2. The first-order valence-corrected chi connectivity index (χ1v) is 15.5. The standard InChI is InChI=1S/C37H36N6O2/c1-44-33-25-29(15-16-32(33)45-26-28-10-3-2-4-11-28)35-36(43-22-6-5-14-34(43)41-35)31-17-19-38-37(40-31)39-30-13-9-12-27(24-30)18-23-42-20-7-8-21-42/h2-6,9-17,19,22,24-25H,7-8,18,20-21,23,26H2,1H3,(H,38,39,40). The van der Waals surface area contributed by atoms with Gasteiger partial charge in [0.15, 0.2) is 11.5 Å². The second-order valence-corrected chi connectivity index (χ2v) is 11.3. The fourth-order valence-electron chi connectivity index (χ4n) is 5.89. The highest BCUT2D eigenvalue weighted by atomic mass is 16.5. The second-order valence-electron chi connectivity index (χ2n) is 11.3. The predicted octanol–water partition coefficient (Wildman–Crippen LogP) is 7.43. The van der Waals surface area contributed by atoms with Gasteiger partial charge in [0, 0.05) is 30.2 Å². The van der Waals surface area contributed by atoms with Crippen LogP contribution in [0.15, 0.2) is 109 Å². The van der Waals surface area contributed by atoms with E-state index < -0.39 is 0 Å². The van der Waals surface area contributed by atoms with Gasteiger partial charge in [-0.05, 0) is 92.0 Å². The molecular weight excluding hydrogens is 560 g/mol. The van der Waals surface area contributed by atoms with Crippen LogP contribution in [-0.4, -0.2) is 51.0 Å². The van der Waals surface area contributed by atoms with Gasteiger partial charge in [-0.1, -0.05) is 48.5 Å². The van der Waals surface area contributed by atoms with Crippen LogP contribution in [0.5, 0.6) is 11.5 Å². The van der Waals surface area contributed by atoms with Gasteiger partial charge < -0.3 is 19.7 Å². The molecule has 6 aromatic rings. The van der Waals surface area contributed by atoms with Crippen molar-refractivity contribution in [1.29, 1.82) is 0 Å². The molecule has 0 radical (unpaired) electrons. The normalized spacial score (nSPS) is 13.3. The first kappa shape index (κ1) is 28.6. The predicted molar refractivity (Wildman–Crippen MR) is 178 cm³/mol. The molecule has 8 nitrogen and oxygen atoms in total. The molecule has 0 aliphatic carbocycles. The van der Waals surface area contributed by atoms with Crippen molar-refractivity contribution in [2.75, 3.05) is 32.1 Å². The largest absolute Gasteiger partial charge is 0.493 e. The zero-order valence-corrected chi connectivity index (χ0v) is 25.4. The van der Waals surface area contributed by atoms with E-state index in [-0.39, 0.29) is 0 Å². The molecule has 0 amide bonds. The lowest BCUT2D eigenvalue weighted by atomic mass is 10.1. The molecule has 8 heteroatoms. The molecule has 1 saturated heterocycles. The Labute approximate surface area is 263 Å². The summed E-state index contributed by atoms with van der Waals surface area (Å²) in [7, 11) is 1.66. The van der Waals surface area contributed by atoms with Crippen molar-refractivity contribution in [3.05, 3.63) is 121 Å². The summed E-state index contributed by atoms with van der Waals surface area (Å²) in [5.41, 5.74) is 7.51. The van der Waals surface area contributed by atoms with Crippen molar-refractivity contribution >= 4 is 17.3 Å². The number of ether oxygens (including phenoxy) is 2. The summed E-state index contributed by atoms with van der Waals surface area (Å²) in [6.07, 6.45) is 7.45. The maximum absolute atomic E-state index is 6.12. The van der Waals surface area contributed by atoms with Crippen molar-refractivity contribution in [3.63, 3.8) is 0 Å². The monoisotopic (exact) mass is 596 g/mol. The Morgan fingerprint density at radius 1 is 0.800 bits per heavy atom. The van der Waals surface area contributed by atoms with Gasteiger partial charge in [-0.15, -0.1) is 0 Å². The minimum absolute atomic E-state index is 0.453. The minimum Gasteiger partial charge on any atom is -0.493 e. The second kappa shape index (κ2) is 13.2. The fraction of sp³-hybridized carbons (Fsp3) is 0.216. The number of hydrogen-bond donors (Lipinski definition) is 1. The fourth-order valence-corrected chi connectivity index (χ4v) is 5.89. The van der Waals surface area contributed by atoms with Gasteiger partial charge >= 0.3 is 0 Å². The number of aromatic nitrogens is 4. The zero-order valence-electron chi connectivity index (χ0n) is 25.4. The molecule has 3 aromatic carbocycles. The number of fused-ring (bicyclic) bond motifs is 1. The van der Waals surface area contributed by atoms with Gasteiger partial charge in [0.1, 0.15) is 12.3 Å². The summed E-state index contributed by atoms with van der Waals surface area (Å²) in [6.45, 7) is 3.97. The number of imidazole rings is 1. The number of likely N-dealkylation sites (tertiary alicyclic amines) is 1. The molecule has 0 saturated carbocycles. The number of benzene rings is 3. The van der Waals surface area contributed by atoms with E-state index in [4.69, 9.17) is 19.4 Å². The Balaban J connectivity index is 1.17. The van der Waals surface area contributed by atoms with Gasteiger partial charge in [-0.2, -0.15) is 0 Å². The summed E-state index contributed by atoms with van der Waals surface area (Å²) < 4.78 is 13.9. The van der Waals surface area contributed by atoms with Gasteiger partial charge in [0.2, 0.25) is 5.95 Å². The number of hydrogen-bond acceptors (Lipinski definition) is 7. The van der Waals surface area contributed by atoms with Crippen molar-refractivity contribution in [2.24, 2.45) is 0 Å². The molecule has 1 N–H and O–H groups in total. The average molecular weight is 597 g/mol. The summed E-state index contributed by atoms with van der Waals surface area (Å²) in [4.78, 5) is 17.1. The number of nitrogens with one attached hydrogen (secondary N) is 1. The van der Waals surface area contributed by atoms with E-state index >= 15 is 0 Å². The van der Waals surface area contributed by atoms with Crippen LogP contribution in [0.3, 0.4) is 0 Å². The number of nitrogens with zero attached hydrogens (tertiary/aromatic N) is 5. The van der Waals surface area contributed by atoms with Gasteiger partial charge in [-0.25, -0.2) is 15.0 Å². The smallest absolute Gasteiger partial charge is 0.227 e. The molecule has 226 valence electrons. The molecule has 0 bridgehead atoms. The Hall–Kier alpha value is -5.21. The molecule has 4 heterocycles. The van der Waals surface area contributed by atoms with Crippen LogP contribution in [0.4, 0.5) is 11.6 Å². The molecule has 1 aliphatic rings. The molecule has 0 spiro atoms. The van der Waals surface area contributed by atoms with Crippen molar-refractivity contribution in [2.45, 2.75) is 25.9 Å². The number of rotatable bonds is 11. The van der Waals surface area contributed by atoms with E-state index in [0.717, 1.165) is 52.5 Å². The van der Waals surface area contributed by atoms with E-state index in [1.165, 1.54) is 31.5 Å². The van der Waals surface area contributed by atoms with E-state index in [0.29, 0.717) is 24.1 Å². The molecule has 1 fully saturated rings. The van der Waals surface area contributed by atoms with Crippen LogP contribution in [-0.2, 0) is 13.0 Å². The first-order chi connectivity index (χ1) is 22.2. The van der Waals surface area contributed by atoms with E-state index in [9.17, 15) is 0 Å². The van der Waals surface area contributed by atoms with Crippen molar-refractivity contribution in [1.82, 2.24) is 24.3 Å². The Kier molecular flexibility index (Phi) is 8.37. The van der Waals surface area contributed by atoms with Crippen LogP contribution in [0, 0.1) is 0 Å². The zero-order chi connectivity index (χ0) is 30.4. The van der Waals surface area contributed by atoms with Crippen molar-refractivity contribution < 1.29 is 9.47 Å². The summed E-state index contributed by atoms with van der Waals surface area (Å²) in [6, 6.07) is 32.5. The summed E-state index contributed by atoms with van der Waals surface area (Å²) in [5, 5.41) is 3.43. The molecule has 7 rings (SSSR count). The average Bonchev–Trinajstić information content (AvgIpc) is 3.75. The van der Waals surface area contributed by atoms with E-state index in [1.807, 2.05) is 79.0 Å². The lowest BCUT2D eigenvalue weighted by Gasteiger charge is -2.15. The van der Waals surface area contributed by atoms with Crippen LogP contribution < -0.4 is 14.8 Å². The van der Waals surface area contributed by atoms with Crippen LogP contribution in [0.1, 0.15) is 24.0 Å². The lowest BCUT2D eigenvalue weighted by molar-refractivity contribution is 0.284. The lowest BCUT2D eigenvalue weighted by Crippen LogP contribution is -2.21. The molecule has 0 atom stereocenters. The number of pyridine rings is 1. The molecule has 45 heavy (non-hydrogen) atoms. The number of methoxy groups -OCH3 is 1. The van der Waals surface area contributed by atoms with Gasteiger partial charge in [-0.3, -0.25) is 4.40 Å². The highest BCUT2D eigenvalue weighted by Crippen LogP contribution is 2.37. The third-order valence-corrected chi connectivity index (χ3v) is 8.20. The summed E-state index contributed by atoms with van der Waals surface area (Å²) >= 11 is 0. The minimum atomic E-state index is 0.453. The molecular formula is C37H36N6O2. The topological polar surface area (TPSA) is 76.8 Å². The summed E-state index contributed by atoms with van der Waals surface area (Å²) in [5.74, 6) is 1.84. The Morgan fingerprint density at radius 2 is 1.64 bits per heavy atom. The quantitative estimate of drug-likeness (QED) is 0.167. The third kappa shape index (κ3) is 6.51. The Morgan fingerprint density at radius 3 is 2.51 bits per heavy atom. The molecule has 0 unspecified atom stereocenters.